The van der Waals surface area contributed by atoms with E-state index in [2.05, 4.69) is 31.9 Å². The van der Waals surface area contributed by atoms with Crippen molar-refractivity contribution in [1.29, 1.82) is 0 Å². The Morgan fingerprint density at radius 2 is 1.08 bits per heavy atom. The zero-order valence-corrected chi connectivity index (χ0v) is 16.0. The number of carbonyl (C=O) groups excluding carboxylic acids is 1. The molecule has 2 aromatic carbocycles. The van der Waals surface area contributed by atoms with Gasteiger partial charge in [0, 0.05) is 21.8 Å². The number of benzene rings is 2. The number of hydrogen-bond donors (Lipinski definition) is 0. The predicted molar refractivity (Wildman–Crippen MR) is 91.6 cm³/mol. The fraction of sp³-hybridized carbons (Fsp3) is 0.235. The molecule has 0 aromatic heterocycles. The third kappa shape index (κ3) is 4.14. The molecular weight excluding hydrogens is 494 g/mol. The van der Waals surface area contributed by atoms with Crippen LogP contribution in [0.5, 0.6) is 0 Å². The first kappa shape index (κ1) is 21.0. The van der Waals surface area contributed by atoms with Crippen molar-refractivity contribution in [2.75, 3.05) is 0 Å². The van der Waals surface area contributed by atoms with Crippen LogP contribution in [0.15, 0.2) is 36.4 Å². The molecule has 0 saturated carbocycles. The molecule has 2 aromatic rings. The van der Waals surface area contributed by atoms with Crippen LogP contribution < -0.4 is 0 Å². The monoisotopic (exact) mass is 502 g/mol. The second kappa shape index (κ2) is 7.72. The highest BCUT2D eigenvalue weighted by Gasteiger charge is 2.41. The summed E-state index contributed by atoms with van der Waals surface area (Å²) in [6, 6.07) is 6.51. The third-order valence-corrected chi connectivity index (χ3v) is 4.85. The number of ketones is 1. The fourth-order valence-electron chi connectivity index (χ4n) is 2.62. The zero-order chi connectivity index (χ0) is 19.7. The summed E-state index contributed by atoms with van der Waals surface area (Å²) >= 11 is 5.82. The van der Waals surface area contributed by atoms with Gasteiger partial charge in [-0.25, -0.2) is 0 Å². The van der Waals surface area contributed by atoms with Gasteiger partial charge < -0.3 is 0 Å². The molecular formula is C17H10Br2F6O. The standard InChI is InChI=1S/C17H10Br2F6O/c18-7-9-3-1-5-11(13(9)16(20,21)22)15(26)12-6-2-4-10(8-19)14(12)17(23,24)25/h1-6H,7-8H2. The lowest BCUT2D eigenvalue weighted by molar-refractivity contribution is -0.138. The summed E-state index contributed by atoms with van der Waals surface area (Å²) in [6.07, 6.45) is -9.78. The van der Waals surface area contributed by atoms with Gasteiger partial charge in [-0.2, -0.15) is 26.3 Å². The highest BCUT2D eigenvalue weighted by atomic mass is 79.9. The largest absolute Gasteiger partial charge is 0.417 e. The Balaban J connectivity index is 2.77. The lowest BCUT2D eigenvalue weighted by Crippen LogP contribution is -2.20. The molecule has 26 heavy (non-hydrogen) atoms. The van der Waals surface area contributed by atoms with Gasteiger partial charge in [-0.15, -0.1) is 0 Å². The van der Waals surface area contributed by atoms with E-state index in [1.165, 1.54) is 12.1 Å². The quantitative estimate of drug-likeness (QED) is 0.256. The highest BCUT2D eigenvalue weighted by Crippen LogP contribution is 2.40. The van der Waals surface area contributed by atoms with Gasteiger partial charge in [0.1, 0.15) is 0 Å². The summed E-state index contributed by atoms with van der Waals surface area (Å²) < 4.78 is 80.7. The topological polar surface area (TPSA) is 17.1 Å². The number of carbonyl (C=O) groups is 1. The molecule has 0 aliphatic heterocycles. The Hall–Kier alpha value is -1.35. The van der Waals surface area contributed by atoms with Crippen LogP contribution in [-0.4, -0.2) is 5.78 Å². The van der Waals surface area contributed by atoms with Gasteiger partial charge in [-0.1, -0.05) is 68.3 Å². The predicted octanol–water partition coefficient (Wildman–Crippen LogP) is 6.75. The first-order valence-electron chi connectivity index (χ1n) is 7.07. The summed E-state index contributed by atoms with van der Waals surface area (Å²) in [5.41, 5.74) is -4.56. The smallest absolute Gasteiger partial charge is 0.289 e. The Morgan fingerprint density at radius 3 is 1.35 bits per heavy atom. The van der Waals surface area contributed by atoms with Crippen molar-refractivity contribution in [3.63, 3.8) is 0 Å². The molecule has 2 rings (SSSR count). The van der Waals surface area contributed by atoms with E-state index >= 15 is 0 Å². The van der Waals surface area contributed by atoms with Gasteiger partial charge in [0.25, 0.3) is 0 Å². The SMILES string of the molecule is O=C(c1cccc(CBr)c1C(F)(F)F)c1cccc(CBr)c1C(F)(F)F. The van der Waals surface area contributed by atoms with Crippen LogP contribution in [0.25, 0.3) is 0 Å². The molecule has 0 fully saturated rings. The van der Waals surface area contributed by atoms with Crippen LogP contribution in [0, 0.1) is 0 Å². The highest BCUT2D eigenvalue weighted by molar-refractivity contribution is 9.08. The maximum Gasteiger partial charge on any atom is 0.417 e. The zero-order valence-electron chi connectivity index (χ0n) is 12.8. The van der Waals surface area contributed by atoms with Crippen LogP contribution in [0.3, 0.4) is 0 Å². The molecule has 1 nitrogen and oxygen atoms in total. The molecule has 0 N–H and O–H groups in total. The van der Waals surface area contributed by atoms with E-state index in [0.717, 1.165) is 24.3 Å². The van der Waals surface area contributed by atoms with Gasteiger partial charge in [0.15, 0.2) is 5.78 Å². The second-order valence-electron chi connectivity index (χ2n) is 5.27. The Bertz CT molecular complexity index is 759. The van der Waals surface area contributed by atoms with E-state index in [0.29, 0.717) is 0 Å². The molecule has 0 radical (unpaired) electrons. The van der Waals surface area contributed by atoms with E-state index in [9.17, 15) is 31.1 Å². The van der Waals surface area contributed by atoms with E-state index < -0.39 is 40.4 Å². The average molecular weight is 504 g/mol. The molecule has 0 heterocycles. The summed E-state index contributed by atoms with van der Waals surface area (Å²) in [5.74, 6) is -1.32. The van der Waals surface area contributed by atoms with E-state index in [-0.39, 0.29) is 21.8 Å². The summed E-state index contributed by atoms with van der Waals surface area (Å²) in [6.45, 7) is 0. The second-order valence-corrected chi connectivity index (χ2v) is 6.39. The van der Waals surface area contributed by atoms with Gasteiger partial charge in [0.2, 0.25) is 0 Å². The van der Waals surface area contributed by atoms with Gasteiger partial charge >= 0.3 is 12.4 Å². The Labute approximate surface area is 161 Å². The van der Waals surface area contributed by atoms with Gasteiger partial charge in [0.05, 0.1) is 11.1 Å². The number of alkyl halides is 8. The van der Waals surface area contributed by atoms with Gasteiger partial charge in [-0.05, 0) is 11.1 Å². The molecule has 0 saturated heterocycles. The van der Waals surface area contributed by atoms with Crippen LogP contribution >= 0.6 is 31.9 Å². The molecule has 0 amide bonds. The fourth-order valence-corrected chi connectivity index (χ4v) is 3.55. The summed E-state index contributed by atoms with van der Waals surface area (Å²) in [4.78, 5) is 12.7. The van der Waals surface area contributed by atoms with Crippen LogP contribution in [0.2, 0.25) is 0 Å². The molecule has 140 valence electrons. The molecule has 9 heteroatoms. The Morgan fingerprint density at radius 1 is 0.731 bits per heavy atom. The third-order valence-electron chi connectivity index (χ3n) is 3.65. The minimum absolute atomic E-state index is 0.198. The Kier molecular flexibility index (Phi) is 6.22. The van der Waals surface area contributed by atoms with Crippen molar-refractivity contribution in [3.8, 4) is 0 Å². The van der Waals surface area contributed by atoms with Gasteiger partial charge in [-0.3, -0.25) is 4.79 Å². The van der Waals surface area contributed by atoms with Crippen molar-refractivity contribution in [2.24, 2.45) is 0 Å². The number of rotatable bonds is 4. The molecule has 0 bridgehead atoms. The average Bonchev–Trinajstić information content (AvgIpc) is 2.57. The molecule has 0 unspecified atom stereocenters. The minimum atomic E-state index is -4.89. The number of hydrogen-bond acceptors (Lipinski definition) is 1. The number of halogens is 8. The minimum Gasteiger partial charge on any atom is -0.289 e. The van der Waals surface area contributed by atoms with Crippen LogP contribution in [-0.2, 0) is 23.0 Å². The first-order valence-corrected chi connectivity index (χ1v) is 9.31. The van der Waals surface area contributed by atoms with Crippen molar-refractivity contribution in [2.45, 2.75) is 23.0 Å². The lowest BCUT2D eigenvalue weighted by Gasteiger charge is -2.19. The summed E-state index contributed by atoms with van der Waals surface area (Å²) in [7, 11) is 0. The van der Waals surface area contributed by atoms with Crippen molar-refractivity contribution < 1.29 is 31.1 Å². The normalized spacial score (nSPS) is 12.3. The van der Waals surface area contributed by atoms with Crippen molar-refractivity contribution in [1.82, 2.24) is 0 Å². The van der Waals surface area contributed by atoms with Crippen LogP contribution in [0.1, 0.15) is 38.2 Å². The molecule has 0 aliphatic carbocycles. The van der Waals surface area contributed by atoms with E-state index in [1.54, 1.807) is 0 Å². The van der Waals surface area contributed by atoms with Crippen molar-refractivity contribution in [3.05, 3.63) is 69.8 Å². The first-order chi connectivity index (χ1) is 12.0. The molecule has 0 atom stereocenters. The maximum atomic E-state index is 13.4. The molecule has 0 spiro atoms. The van der Waals surface area contributed by atoms with E-state index in [1.807, 2.05) is 0 Å². The summed E-state index contributed by atoms with van der Waals surface area (Å²) in [5, 5.41) is -0.396. The maximum absolute atomic E-state index is 13.4. The van der Waals surface area contributed by atoms with Crippen LogP contribution in [0.4, 0.5) is 26.3 Å². The van der Waals surface area contributed by atoms with E-state index in [4.69, 9.17) is 0 Å². The van der Waals surface area contributed by atoms with Crippen molar-refractivity contribution >= 4 is 37.6 Å². The molecule has 0 aliphatic rings. The lowest BCUT2D eigenvalue weighted by atomic mass is 9.90.